The van der Waals surface area contributed by atoms with Gasteiger partial charge in [0, 0.05) is 23.2 Å². The lowest BCUT2D eigenvalue weighted by atomic mass is 10.0. The van der Waals surface area contributed by atoms with Crippen LogP contribution in [0.4, 0.5) is 0 Å². The van der Waals surface area contributed by atoms with E-state index in [1.165, 1.54) is 11.4 Å². The molecule has 1 nitrogen and oxygen atoms in total. The van der Waals surface area contributed by atoms with Crippen LogP contribution in [0.3, 0.4) is 0 Å². The van der Waals surface area contributed by atoms with Crippen molar-refractivity contribution < 1.29 is 0 Å². The van der Waals surface area contributed by atoms with E-state index >= 15 is 0 Å². The molecule has 0 saturated heterocycles. The molecule has 18 heavy (non-hydrogen) atoms. The maximum Gasteiger partial charge on any atom is 0.0415 e. The molecule has 0 atom stereocenters. The van der Waals surface area contributed by atoms with Gasteiger partial charge in [0.15, 0.2) is 0 Å². The van der Waals surface area contributed by atoms with E-state index in [0.29, 0.717) is 11.8 Å². The fraction of sp³-hybridized carbons (Fsp3) is 0.235. The minimum atomic E-state index is 0.527. The molecule has 1 aromatic rings. The number of hydrogen-bond acceptors (Lipinski definition) is 1. The number of hydrogen-bond donors (Lipinski definition) is 0. The quantitative estimate of drug-likeness (QED) is 0.776. The highest BCUT2D eigenvalue weighted by Crippen LogP contribution is 2.17. The number of pyridine rings is 1. The zero-order chi connectivity index (χ0) is 12.2. The van der Waals surface area contributed by atoms with Crippen molar-refractivity contribution in [1.29, 1.82) is 0 Å². The van der Waals surface area contributed by atoms with Crippen LogP contribution in [-0.2, 0) is 12.8 Å². The van der Waals surface area contributed by atoms with Gasteiger partial charge in [-0.3, -0.25) is 4.98 Å². The predicted octanol–water partition coefficient (Wildman–Crippen LogP) is 3.65. The van der Waals surface area contributed by atoms with Gasteiger partial charge in [-0.2, -0.15) is 0 Å². The molecule has 0 bridgehead atoms. The average molecular weight is 235 g/mol. The first-order valence-corrected chi connectivity index (χ1v) is 6.55. The molecule has 1 heterocycles. The summed E-state index contributed by atoms with van der Waals surface area (Å²) in [6.07, 6.45) is 19.4. The van der Waals surface area contributed by atoms with Gasteiger partial charge in [0.25, 0.3) is 0 Å². The van der Waals surface area contributed by atoms with Crippen LogP contribution in [0.15, 0.2) is 66.8 Å². The Bertz CT molecular complexity index is 465. The van der Waals surface area contributed by atoms with Crippen molar-refractivity contribution in [2.24, 2.45) is 11.8 Å². The van der Waals surface area contributed by atoms with E-state index in [1.54, 1.807) is 0 Å². The molecule has 0 saturated carbocycles. The fourth-order valence-electron chi connectivity index (χ4n) is 2.47. The van der Waals surface area contributed by atoms with E-state index in [0.717, 1.165) is 12.8 Å². The van der Waals surface area contributed by atoms with Gasteiger partial charge < -0.3 is 0 Å². The van der Waals surface area contributed by atoms with Crippen molar-refractivity contribution >= 4 is 0 Å². The summed E-state index contributed by atoms with van der Waals surface area (Å²) >= 11 is 0. The second-order valence-corrected chi connectivity index (χ2v) is 4.90. The lowest BCUT2D eigenvalue weighted by Crippen LogP contribution is -2.03. The Morgan fingerprint density at radius 3 is 1.61 bits per heavy atom. The van der Waals surface area contributed by atoms with Gasteiger partial charge >= 0.3 is 0 Å². The molecule has 0 aliphatic heterocycles. The van der Waals surface area contributed by atoms with E-state index < -0.39 is 0 Å². The van der Waals surface area contributed by atoms with E-state index in [1.807, 2.05) is 0 Å². The Hall–Kier alpha value is -1.89. The van der Waals surface area contributed by atoms with Crippen LogP contribution in [0.1, 0.15) is 11.4 Å². The Balaban J connectivity index is 1.68. The first-order valence-electron chi connectivity index (χ1n) is 6.55. The smallest absolute Gasteiger partial charge is 0.0415 e. The molecule has 0 amide bonds. The van der Waals surface area contributed by atoms with E-state index in [2.05, 4.69) is 66.8 Å². The Morgan fingerprint density at radius 1 is 0.722 bits per heavy atom. The maximum atomic E-state index is 4.76. The second kappa shape index (κ2) is 5.18. The third-order valence-corrected chi connectivity index (χ3v) is 3.41. The zero-order valence-electron chi connectivity index (χ0n) is 10.4. The van der Waals surface area contributed by atoms with Gasteiger partial charge in [-0.05, 0) is 25.0 Å². The SMILES string of the molecule is C1=CC(Cc2cccc(CC3C=CC=C3)n2)C=C1. The summed E-state index contributed by atoms with van der Waals surface area (Å²) in [7, 11) is 0. The largest absolute Gasteiger partial charge is 0.258 e. The third kappa shape index (κ3) is 2.67. The van der Waals surface area contributed by atoms with Crippen LogP contribution in [0, 0.1) is 11.8 Å². The van der Waals surface area contributed by atoms with Crippen LogP contribution < -0.4 is 0 Å². The summed E-state index contributed by atoms with van der Waals surface area (Å²) in [5.74, 6) is 1.05. The Kier molecular flexibility index (Phi) is 3.22. The lowest BCUT2D eigenvalue weighted by molar-refractivity contribution is 0.750. The molecular formula is C17H17N. The van der Waals surface area contributed by atoms with Crippen LogP contribution in [0.2, 0.25) is 0 Å². The predicted molar refractivity (Wildman–Crippen MR) is 75.2 cm³/mol. The monoisotopic (exact) mass is 235 g/mol. The fourth-order valence-corrected chi connectivity index (χ4v) is 2.47. The van der Waals surface area contributed by atoms with Gasteiger partial charge in [0.1, 0.15) is 0 Å². The van der Waals surface area contributed by atoms with Crippen molar-refractivity contribution in [2.45, 2.75) is 12.8 Å². The van der Waals surface area contributed by atoms with Gasteiger partial charge in [-0.1, -0.05) is 54.7 Å². The maximum absolute atomic E-state index is 4.76. The van der Waals surface area contributed by atoms with Gasteiger partial charge in [0.2, 0.25) is 0 Å². The van der Waals surface area contributed by atoms with Crippen molar-refractivity contribution in [3.8, 4) is 0 Å². The van der Waals surface area contributed by atoms with Crippen LogP contribution in [0.25, 0.3) is 0 Å². The number of allylic oxidation sites excluding steroid dienone is 8. The highest BCUT2D eigenvalue weighted by atomic mass is 14.7. The van der Waals surface area contributed by atoms with Crippen molar-refractivity contribution in [3.05, 3.63) is 78.2 Å². The molecule has 1 aromatic heterocycles. The minimum absolute atomic E-state index is 0.527. The standard InChI is InChI=1S/C17H17N/c1-2-7-14(6-1)12-16-10-5-11-17(18-16)13-15-8-3-4-9-15/h1-11,14-15H,12-13H2. The molecule has 0 aromatic carbocycles. The van der Waals surface area contributed by atoms with E-state index in [9.17, 15) is 0 Å². The highest BCUT2D eigenvalue weighted by molar-refractivity contribution is 5.23. The molecule has 2 aliphatic carbocycles. The van der Waals surface area contributed by atoms with Gasteiger partial charge in [-0.15, -0.1) is 0 Å². The molecule has 0 unspecified atom stereocenters. The first kappa shape index (κ1) is 11.2. The van der Waals surface area contributed by atoms with Crippen molar-refractivity contribution in [2.75, 3.05) is 0 Å². The van der Waals surface area contributed by atoms with Crippen LogP contribution in [0.5, 0.6) is 0 Å². The zero-order valence-corrected chi connectivity index (χ0v) is 10.4. The molecular weight excluding hydrogens is 218 g/mol. The van der Waals surface area contributed by atoms with Crippen molar-refractivity contribution in [3.63, 3.8) is 0 Å². The molecule has 0 fully saturated rings. The number of aromatic nitrogens is 1. The molecule has 0 spiro atoms. The normalized spacial score (nSPS) is 18.2. The molecule has 3 rings (SSSR count). The first-order chi connectivity index (χ1) is 8.90. The molecule has 0 N–H and O–H groups in total. The van der Waals surface area contributed by atoms with E-state index in [-0.39, 0.29) is 0 Å². The Morgan fingerprint density at radius 2 is 1.17 bits per heavy atom. The topological polar surface area (TPSA) is 12.9 Å². The minimum Gasteiger partial charge on any atom is -0.258 e. The summed E-state index contributed by atoms with van der Waals surface area (Å²) in [5.41, 5.74) is 2.39. The summed E-state index contributed by atoms with van der Waals surface area (Å²) in [6, 6.07) is 6.38. The summed E-state index contributed by atoms with van der Waals surface area (Å²) in [5, 5.41) is 0. The van der Waals surface area contributed by atoms with Crippen molar-refractivity contribution in [1.82, 2.24) is 4.98 Å². The third-order valence-electron chi connectivity index (χ3n) is 3.41. The molecule has 90 valence electrons. The van der Waals surface area contributed by atoms with Gasteiger partial charge in [0.05, 0.1) is 0 Å². The summed E-state index contributed by atoms with van der Waals surface area (Å²) < 4.78 is 0. The second-order valence-electron chi connectivity index (χ2n) is 4.90. The summed E-state index contributed by atoms with van der Waals surface area (Å²) in [4.78, 5) is 4.76. The molecule has 2 aliphatic rings. The number of rotatable bonds is 4. The Labute approximate surface area is 108 Å². The highest BCUT2D eigenvalue weighted by Gasteiger charge is 2.09. The lowest BCUT2D eigenvalue weighted by Gasteiger charge is -2.09. The van der Waals surface area contributed by atoms with E-state index in [4.69, 9.17) is 4.98 Å². The summed E-state index contributed by atoms with van der Waals surface area (Å²) in [6.45, 7) is 0. The van der Waals surface area contributed by atoms with Crippen LogP contribution >= 0.6 is 0 Å². The molecule has 1 heteroatoms. The average Bonchev–Trinajstić information content (AvgIpc) is 3.03. The number of nitrogens with zero attached hydrogens (tertiary/aromatic N) is 1. The van der Waals surface area contributed by atoms with Crippen LogP contribution in [-0.4, -0.2) is 4.98 Å². The molecule has 0 radical (unpaired) electrons. The van der Waals surface area contributed by atoms with Gasteiger partial charge in [-0.25, -0.2) is 0 Å².